The molecule has 2 fully saturated rings. The van der Waals surface area contributed by atoms with Gasteiger partial charge < -0.3 is 16.0 Å². The monoisotopic (exact) mass is 1040 g/mol. The summed E-state index contributed by atoms with van der Waals surface area (Å²) in [4.78, 5) is 54.9. The second-order valence-corrected chi connectivity index (χ2v) is 20.4. The first-order valence-corrected chi connectivity index (χ1v) is 25.8. The van der Waals surface area contributed by atoms with Crippen molar-refractivity contribution >= 4 is 86.5 Å². The van der Waals surface area contributed by atoms with Gasteiger partial charge in [-0.15, -0.1) is 0 Å². The average molecular weight is 1040 g/mol. The molecular weight excluding hydrogens is 989 g/mol. The van der Waals surface area contributed by atoms with E-state index in [0.29, 0.717) is 46.5 Å². The number of nitrogens with zero attached hydrogens (tertiary/aromatic N) is 12. The first kappa shape index (κ1) is 47.4. The first-order valence-electron chi connectivity index (χ1n) is 24.7. The van der Waals surface area contributed by atoms with E-state index < -0.39 is 0 Å². The van der Waals surface area contributed by atoms with Crippen LogP contribution in [0.4, 0.5) is 17.1 Å². The SMILES string of the molecule is CC1=C2N=C(c3ccncc3Cl)c3cnc(C4CC4)cc3NC2=NC1.CC1=C2N=C(c3cnccc3Cl)c3cnc(C4CC4)cc3NC2=NC1.CCc1cc2c(cn1)C(c1cnccc1Cl)=NC1=C(C)CN=C1N2. The van der Waals surface area contributed by atoms with Gasteiger partial charge in [-0.05, 0) is 106 Å². The third-order valence-corrected chi connectivity index (χ3v) is 14.7. The number of anilines is 3. The highest BCUT2D eigenvalue weighted by Gasteiger charge is 2.32. The normalized spacial score (nSPS) is 17.9. The van der Waals surface area contributed by atoms with Gasteiger partial charge in [0.25, 0.3) is 0 Å². The Hall–Kier alpha value is -7.59. The van der Waals surface area contributed by atoms with Gasteiger partial charge in [-0.2, -0.15) is 0 Å². The fourth-order valence-electron chi connectivity index (χ4n) is 9.29. The number of pyridine rings is 6. The third-order valence-electron chi connectivity index (χ3n) is 13.7. The lowest BCUT2D eigenvalue weighted by Gasteiger charge is -2.12. The number of aromatic nitrogens is 6. The minimum absolute atomic E-state index is 0.579. The van der Waals surface area contributed by atoms with E-state index >= 15 is 0 Å². The maximum absolute atomic E-state index is 6.44. The molecule has 0 radical (unpaired) electrons. The van der Waals surface area contributed by atoms with E-state index in [-0.39, 0.29) is 0 Å². The minimum Gasteiger partial charge on any atom is -0.338 e. The van der Waals surface area contributed by atoms with E-state index in [1.165, 1.54) is 25.7 Å². The largest absolute Gasteiger partial charge is 0.338 e. The molecule has 0 aromatic carbocycles. The van der Waals surface area contributed by atoms with Crippen LogP contribution in [0.2, 0.25) is 15.1 Å². The van der Waals surface area contributed by atoms with E-state index in [1.807, 2.05) is 37.6 Å². The van der Waals surface area contributed by atoms with Gasteiger partial charge in [0, 0.05) is 118 Å². The zero-order chi connectivity index (χ0) is 50.6. The highest BCUT2D eigenvalue weighted by Crippen LogP contribution is 2.43. The fourth-order valence-corrected chi connectivity index (χ4v) is 9.89. The zero-order valence-corrected chi connectivity index (χ0v) is 43.2. The molecule has 3 N–H and O–H groups in total. The lowest BCUT2D eigenvalue weighted by molar-refractivity contribution is 1.02. The van der Waals surface area contributed by atoms with Gasteiger partial charge in [0.05, 0.1) is 68.9 Å². The van der Waals surface area contributed by atoms with E-state index in [0.717, 1.165) is 142 Å². The van der Waals surface area contributed by atoms with Gasteiger partial charge in [0.2, 0.25) is 0 Å². The molecule has 18 heteroatoms. The predicted octanol–water partition coefficient (Wildman–Crippen LogP) is 11.6. The van der Waals surface area contributed by atoms with Gasteiger partial charge in [0.1, 0.15) is 17.1 Å². The molecule has 0 bridgehead atoms. The van der Waals surface area contributed by atoms with Crippen molar-refractivity contribution in [3.05, 3.63) is 192 Å². The summed E-state index contributed by atoms with van der Waals surface area (Å²) in [6.45, 7) is 10.3. The molecule has 15 nitrogen and oxygen atoms in total. The number of aryl methyl sites for hydroxylation is 1. The van der Waals surface area contributed by atoms with Crippen LogP contribution in [0.3, 0.4) is 0 Å². The highest BCUT2D eigenvalue weighted by molar-refractivity contribution is 6.38. The molecule has 74 heavy (non-hydrogen) atoms. The Morgan fingerprint density at radius 2 is 0.865 bits per heavy atom. The first-order chi connectivity index (χ1) is 36.1. The van der Waals surface area contributed by atoms with Crippen LogP contribution >= 0.6 is 34.8 Å². The van der Waals surface area contributed by atoms with Crippen molar-refractivity contribution in [2.45, 2.75) is 71.6 Å². The summed E-state index contributed by atoms with van der Waals surface area (Å²) in [5, 5.41) is 12.2. The highest BCUT2D eigenvalue weighted by atomic mass is 35.5. The van der Waals surface area contributed by atoms with Crippen molar-refractivity contribution in [1.82, 2.24) is 29.9 Å². The molecule has 8 aliphatic rings. The number of hydrogen-bond donors (Lipinski definition) is 3. The molecule has 0 saturated heterocycles. The predicted molar refractivity (Wildman–Crippen MR) is 297 cm³/mol. The van der Waals surface area contributed by atoms with Crippen LogP contribution in [-0.2, 0) is 6.42 Å². The number of nitrogens with one attached hydrogen (secondary N) is 3. The van der Waals surface area contributed by atoms with Crippen LogP contribution in [0.1, 0.15) is 116 Å². The summed E-state index contributed by atoms with van der Waals surface area (Å²) in [7, 11) is 0. The van der Waals surface area contributed by atoms with Crippen LogP contribution in [0.15, 0.2) is 156 Å². The van der Waals surface area contributed by atoms with Crippen molar-refractivity contribution in [2.75, 3.05) is 35.6 Å². The summed E-state index contributed by atoms with van der Waals surface area (Å²) in [5.74, 6) is 3.62. The van der Waals surface area contributed by atoms with Crippen molar-refractivity contribution in [3.8, 4) is 0 Å². The quantitative estimate of drug-likeness (QED) is 0.146. The van der Waals surface area contributed by atoms with Crippen molar-refractivity contribution in [3.63, 3.8) is 0 Å². The Kier molecular flexibility index (Phi) is 12.6. The summed E-state index contributed by atoms with van der Waals surface area (Å²) >= 11 is 19.3. The molecular formula is C56H48Cl3N15. The van der Waals surface area contributed by atoms with Gasteiger partial charge in [0.15, 0.2) is 17.5 Å². The second-order valence-electron chi connectivity index (χ2n) is 19.1. The molecule has 6 aromatic heterocycles. The number of hydrogen-bond acceptors (Lipinski definition) is 15. The summed E-state index contributed by atoms with van der Waals surface area (Å²) in [6.07, 6.45) is 21.6. The van der Waals surface area contributed by atoms with Crippen molar-refractivity contribution in [2.24, 2.45) is 30.0 Å². The van der Waals surface area contributed by atoms with Crippen molar-refractivity contribution < 1.29 is 0 Å². The van der Waals surface area contributed by atoms with E-state index in [1.54, 1.807) is 49.3 Å². The minimum atomic E-state index is 0.579. The summed E-state index contributed by atoms with van der Waals surface area (Å²) < 4.78 is 0. The van der Waals surface area contributed by atoms with Crippen LogP contribution in [0.25, 0.3) is 0 Å². The number of fused-ring (bicyclic) bond motifs is 6. The standard InChI is InChI=1S/2C19H16ClN5.C18H16ClN5/c1-10-7-23-19-17(10)25-18(12-8-21-5-4-14(12)20)13-9-22-15(11-2-3-11)6-16(13)24-19;1-10-7-23-19-17(10)25-18(12-4-5-21-9-14(12)20)13-8-22-15(11-2-3-11)6-16(13)24-19;1-3-11-6-15-13(9-21-11)17(12-8-20-5-4-14(12)19)24-16-10(2)7-22-18(16)23-15/h2*4-6,8-9,11H,2-3,7H2,1H3,(H,23,24);4-6,8-9H,3,7H2,1-2H3,(H,22,23). The Morgan fingerprint density at radius 3 is 1.28 bits per heavy atom. The Labute approximate surface area is 442 Å². The van der Waals surface area contributed by atoms with E-state index in [4.69, 9.17) is 49.8 Å². The third kappa shape index (κ3) is 9.24. The second kappa shape index (κ2) is 19.7. The van der Waals surface area contributed by atoms with E-state index in [9.17, 15) is 0 Å². The Bertz CT molecular complexity index is 3490. The molecule has 6 aromatic rings. The topological polar surface area (TPSA) is 188 Å². The van der Waals surface area contributed by atoms with Crippen LogP contribution in [0.5, 0.6) is 0 Å². The molecule has 6 aliphatic heterocycles. The smallest absolute Gasteiger partial charge is 0.152 e. The molecule has 368 valence electrons. The van der Waals surface area contributed by atoms with Crippen LogP contribution < -0.4 is 16.0 Å². The summed E-state index contributed by atoms with van der Waals surface area (Å²) in [5.41, 5.74) is 19.9. The van der Waals surface area contributed by atoms with E-state index in [2.05, 4.69) is 93.7 Å². The number of amidine groups is 3. The Balaban J connectivity index is 0.000000113. The number of rotatable bonds is 6. The Morgan fingerprint density at radius 1 is 0.459 bits per heavy atom. The van der Waals surface area contributed by atoms with Crippen LogP contribution in [-0.4, -0.2) is 84.2 Å². The molecule has 0 unspecified atom stereocenters. The molecule has 0 amide bonds. The van der Waals surface area contributed by atoms with Crippen molar-refractivity contribution in [1.29, 1.82) is 0 Å². The molecule has 2 saturated carbocycles. The summed E-state index contributed by atoms with van der Waals surface area (Å²) in [6, 6.07) is 11.8. The molecule has 2 aliphatic carbocycles. The van der Waals surface area contributed by atoms with Crippen LogP contribution in [0, 0.1) is 0 Å². The van der Waals surface area contributed by atoms with Gasteiger partial charge in [-0.25, -0.2) is 15.0 Å². The average Bonchev–Trinajstić information content (AvgIpc) is 4.35. The number of halogens is 3. The zero-order valence-electron chi connectivity index (χ0n) is 41.0. The molecule has 14 rings (SSSR count). The maximum atomic E-state index is 6.44. The molecule has 12 heterocycles. The van der Waals surface area contributed by atoms with Gasteiger partial charge in [-0.3, -0.25) is 44.9 Å². The maximum Gasteiger partial charge on any atom is 0.152 e. The molecule has 0 spiro atoms. The fraction of sp³-hybridized carbons (Fsp3) is 0.250. The molecule has 0 atom stereocenters. The lowest BCUT2D eigenvalue weighted by Crippen LogP contribution is -2.12. The van der Waals surface area contributed by atoms with Gasteiger partial charge in [-0.1, -0.05) is 41.7 Å². The van der Waals surface area contributed by atoms with Gasteiger partial charge >= 0.3 is 0 Å². The number of aliphatic imine (C=N–C) groups is 6. The lowest BCUT2D eigenvalue weighted by atomic mass is 10.0.